The molecule has 6 heteroatoms. The summed E-state index contributed by atoms with van der Waals surface area (Å²) >= 11 is 1.55. The quantitative estimate of drug-likeness (QED) is 0.906. The molecule has 128 valence electrons. The van der Waals surface area contributed by atoms with Gasteiger partial charge in [0.2, 0.25) is 5.91 Å². The number of aryl methyl sites for hydroxylation is 2. The molecular weight excluding hydrogens is 322 g/mol. The van der Waals surface area contributed by atoms with E-state index in [1.54, 1.807) is 11.3 Å². The number of hydrogen-bond acceptors (Lipinski definition) is 3. The number of carbonyl (C=O) groups excluding carboxylic acids is 2. The minimum absolute atomic E-state index is 0.118. The molecule has 0 atom stereocenters. The number of hydrogen-bond donors (Lipinski definition) is 1. The summed E-state index contributed by atoms with van der Waals surface area (Å²) in [7, 11) is 0. The Balaban J connectivity index is 1.62. The number of carbonyl (C=O) groups is 2. The molecule has 1 fully saturated rings. The fourth-order valence-electron chi connectivity index (χ4n) is 3.14. The number of aromatic nitrogens is 1. The van der Waals surface area contributed by atoms with Crippen molar-refractivity contribution in [1.29, 1.82) is 0 Å². The fourth-order valence-corrected chi connectivity index (χ4v) is 4.15. The number of nitrogens with zero attached hydrogens (tertiary/aromatic N) is 2. The average Bonchev–Trinajstić information content (AvgIpc) is 3.28. The molecule has 0 bridgehead atoms. The first-order valence-corrected chi connectivity index (χ1v) is 9.24. The maximum absolute atomic E-state index is 12.5. The topological polar surface area (TPSA) is 54.3 Å². The van der Waals surface area contributed by atoms with Crippen LogP contribution in [0.3, 0.4) is 0 Å². The third-order valence-corrected chi connectivity index (χ3v) is 5.34. The van der Waals surface area contributed by atoms with E-state index in [1.807, 2.05) is 42.3 Å². The van der Waals surface area contributed by atoms with E-state index in [1.165, 1.54) is 0 Å². The first-order valence-electron chi connectivity index (χ1n) is 8.36. The number of thiophene rings is 1. The highest BCUT2D eigenvalue weighted by Crippen LogP contribution is 2.25. The second-order valence-corrected chi connectivity index (χ2v) is 7.08. The Bertz CT molecular complexity index is 722. The van der Waals surface area contributed by atoms with Crippen LogP contribution in [0.2, 0.25) is 0 Å². The highest BCUT2D eigenvalue weighted by atomic mass is 32.1. The van der Waals surface area contributed by atoms with Crippen LogP contribution in [-0.2, 0) is 4.79 Å². The minimum atomic E-state index is -0.118. The van der Waals surface area contributed by atoms with E-state index in [2.05, 4.69) is 9.88 Å². The van der Waals surface area contributed by atoms with Crippen molar-refractivity contribution < 1.29 is 9.59 Å². The molecule has 0 aliphatic carbocycles. The first-order chi connectivity index (χ1) is 11.6. The molecule has 5 nitrogen and oxygen atoms in total. The summed E-state index contributed by atoms with van der Waals surface area (Å²) in [6.07, 6.45) is 2.55. The van der Waals surface area contributed by atoms with E-state index in [0.29, 0.717) is 18.5 Å². The zero-order valence-electron chi connectivity index (χ0n) is 14.2. The zero-order chi connectivity index (χ0) is 17.1. The molecule has 0 saturated carbocycles. The van der Waals surface area contributed by atoms with Crippen molar-refractivity contribution in [2.24, 2.45) is 0 Å². The molecule has 1 aliphatic rings. The van der Waals surface area contributed by atoms with Crippen molar-refractivity contribution in [3.05, 3.63) is 40.5 Å². The van der Waals surface area contributed by atoms with E-state index >= 15 is 0 Å². The summed E-state index contributed by atoms with van der Waals surface area (Å²) in [5.74, 6) is 0.0170. The summed E-state index contributed by atoms with van der Waals surface area (Å²) in [5.41, 5.74) is 2.87. The number of nitrogens with one attached hydrogen (secondary N) is 1. The fraction of sp³-hybridized carbons (Fsp3) is 0.444. The van der Waals surface area contributed by atoms with Crippen molar-refractivity contribution in [2.75, 3.05) is 19.6 Å². The molecule has 2 amide bonds. The zero-order valence-corrected chi connectivity index (χ0v) is 15.0. The van der Waals surface area contributed by atoms with Crippen LogP contribution in [0.1, 0.15) is 41.0 Å². The monoisotopic (exact) mass is 345 g/mol. The minimum Gasteiger partial charge on any atom is -0.351 e. The van der Waals surface area contributed by atoms with Gasteiger partial charge in [0.05, 0.1) is 5.56 Å². The van der Waals surface area contributed by atoms with Crippen LogP contribution in [0.5, 0.6) is 0 Å². The molecule has 0 radical (unpaired) electrons. The predicted molar refractivity (Wildman–Crippen MR) is 95.9 cm³/mol. The molecule has 1 aliphatic heterocycles. The molecule has 3 heterocycles. The lowest BCUT2D eigenvalue weighted by atomic mass is 10.2. The largest absolute Gasteiger partial charge is 0.351 e. The average molecular weight is 345 g/mol. The molecular formula is C18H23N3O2S. The summed E-state index contributed by atoms with van der Waals surface area (Å²) in [4.78, 5) is 26.4. The van der Waals surface area contributed by atoms with E-state index in [9.17, 15) is 9.59 Å². The normalized spacial score (nSPS) is 14.2. The van der Waals surface area contributed by atoms with Gasteiger partial charge in [0.15, 0.2) is 0 Å². The van der Waals surface area contributed by atoms with Gasteiger partial charge in [-0.1, -0.05) is 0 Å². The van der Waals surface area contributed by atoms with Gasteiger partial charge in [-0.25, -0.2) is 0 Å². The van der Waals surface area contributed by atoms with E-state index in [-0.39, 0.29) is 11.8 Å². The van der Waals surface area contributed by atoms with Gasteiger partial charge in [0.25, 0.3) is 5.91 Å². The summed E-state index contributed by atoms with van der Waals surface area (Å²) < 4.78 is 2.09. The molecule has 0 unspecified atom stereocenters. The van der Waals surface area contributed by atoms with Gasteiger partial charge >= 0.3 is 0 Å². The number of amides is 2. The predicted octanol–water partition coefficient (Wildman–Crippen LogP) is 2.90. The molecule has 0 spiro atoms. The Morgan fingerprint density at radius 2 is 1.79 bits per heavy atom. The second kappa shape index (κ2) is 7.21. The molecule has 1 saturated heterocycles. The van der Waals surface area contributed by atoms with Crippen LogP contribution in [0.4, 0.5) is 0 Å². The summed E-state index contributed by atoms with van der Waals surface area (Å²) in [6, 6.07) is 5.94. The van der Waals surface area contributed by atoms with Gasteiger partial charge in [-0.2, -0.15) is 0 Å². The number of likely N-dealkylation sites (tertiary alicyclic amines) is 1. The maximum atomic E-state index is 12.5. The van der Waals surface area contributed by atoms with Crippen LogP contribution >= 0.6 is 11.3 Å². The van der Waals surface area contributed by atoms with E-state index in [0.717, 1.165) is 42.3 Å². The Labute approximate surface area is 146 Å². The van der Waals surface area contributed by atoms with Crippen molar-refractivity contribution in [2.45, 2.75) is 33.1 Å². The molecule has 3 rings (SSSR count). The van der Waals surface area contributed by atoms with Crippen LogP contribution in [0.15, 0.2) is 23.6 Å². The van der Waals surface area contributed by atoms with Gasteiger partial charge in [-0.15, -0.1) is 11.3 Å². The Morgan fingerprint density at radius 3 is 2.46 bits per heavy atom. The van der Waals surface area contributed by atoms with Crippen molar-refractivity contribution in [3.63, 3.8) is 0 Å². The second-order valence-electron chi connectivity index (χ2n) is 6.18. The summed E-state index contributed by atoms with van der Waals surface area (Å²) in [6.45, 7) is 6.15. The molecule has 1 N–H and O–H groups in total. The highest BCUT2D eigenvalue weighted by molar-refractivity contribution is 7.13. The molecule has 2 aromatic rings. The Hall–Kier alpha value is -2.08. The van der Waals surface area contributed by atoms with Gasteiger partial charge in [-0.3, -0.25) is 9.59 Å². The van der Waals surface area contributed by atoms with E-state index in [4.69, 9.17) is 0 Å². The van der Waals surface area contributed by atoms with Crippen molar-refractivity contribution in [3.8, 4) is 5.00 Å². The SMILES string of the molecule is Cc1ccc(C)n1-c1sccc1C(=O)NCCC(=O)N1CCCC1. The summed E-state index contributed by atoms with van der Waals surface area (Å²) in [5, 5.41) is 5.75. The van der Waals surface area contributed by atoms with E-state index < -0.39 is 0 Å². The van der Waals surface area contributed by atoms with Gasteiger partial charge in [0.1, 0.15) is 5.00 Å². The van der Waals surface area contributed by atoms with Crippen LogP contribution in [-0.4, -0.2) is 40.9 Å². The first kappa shape index (κ1) is 16.8. The van der Waals surface area contributed by atoms with Gasteiger partial charge < -0.3 is 14.8 Å². The Morgan fingerprint density at radius 1 is 1.12 bits per heavy atom. The lowest BCUT2D eigenvalue weighted by Crippen LogP contribution is -2.32. The molecule has 0 aromatic carbocycles. The lowest BCUT2D eigenvalue weighted by Gasteiger charge is -2.15. The lowest BCUT2D eigenvalue weighted by molar-refractivity contribution is -0.129. The van der Waals surface area contributed by atoms with Gasteiger partial charge in [0, 0.05) is 37.4 Å². The van der Waals surface area contributed by atoms with Crippen molar-refractivity contribution >= 4 is 23.2 Å². The molecule has 24 heavy (non-hydrogen) atoms. The van der Waals surface area contributed by atoms with Crippen molar-refractivity contribution in [1.82, 2.24) is 14.8 Å². The van der Waals surface area contributed by atoms with Crippen LogP contribution in [0.25, 0.3) is 5.00 Å². The Kier molecular flexibility index (Phi) is 5.04. The smallest absolute Gasteiger partial charge is 0.254 e. The highest BCUT2D eigenvalue weighted by Gasteiger charge is 2.19. The van der Waals surface area contributed by atoms with Crippen LogP contribution in [0, 0.1) is 13.8 Å². The molecule has 2 aromatic heterocycles. The standard InChI is InChI=1S/C18H23N3O2S/c1-13-5-6-14(2)21(13)18-15(8-12-24-18)17(23)19-9-7-16(22)20-10-3-4-11-20/h5-6,8,12H,3-4,7,9-11H2,1-2H3,(H,19,23). The van der Waals surface area contributed by atoms with Gasteiger partial charge in [-0.05, 0) is 50.3 Å². The third-order valence-electron chi connectivity index (χ3n) is 4.45. The maximum Gasteiger partial charge on any atom is 0.254 e. The van der Waals surface area contributed by atoms with Crippen LogP contribution < -0.4 is 5.32 Å². The number of rotatable bonds is 5. The third kappa shape index (κ3) is 3.38.